The molecule has 0 radical (unpaired) electrons. The van der Waals surface area contributed by atoms with Crippen LogP contribution in [-0.4, -0.2) is 32.2 Å². The van der Waals surface area contributed by atoms with Crippen LogP contribution in [0.1, 0.15) is 33.3 Å². The summed E-state index contributed by atoms with van der Waals surface area (Å²) in [6, 6.07) is 30.3. The molecule has 0 bridgehead atoms. The summed E-state index contributed by atoms with van der Waals surface area (Å²) in [6.07, 6.45) is 2.82. The molecule has 2 heterocycles. The van der Waals surface area contributed by atoms with Crippen molar-refractivity contribution in [3.8, 4) is 5.69 Å². The SMILES string of the molecule is O=C(NCCc1ccccc1)c1coc(CSc2nnc(Cc3ccccc3)n2-c2ccccc2)n1. The van der Waals surface area contributed by atoms with Crippen LogP contribution in [0.3, 0.4) is 0 Å². The fourth-order valence-electron chi connectivity index (χ4n) is 3.79. The highest BCUT2D eigenvalue weighted by Gasteiger charge is 2.17. The van der Waals surface area contributed by atoms with E-state index in [2.05, 4.69) is 37.2 Å². The lowest BCUT2D eigenvalue weighted by molar-refractivity contribution is 0.0949. The zero-order chi connectivity index (χ0) is 24.6. The number of amides is 1. The Labute approximate surface area is 213 Å². The second-order valence-corrected chi connectivity index (χ2v) is 9.08. The van der Waals surface area contributed by atoms with Crippen LogP contribution in [0.4, 0.5) is 0 Å². The lowest BCUT2D eigenvalue weighted by Crippen LogP contribution is -2.26. The fourth-order valence-corrected chi connectivity index (χ4v) is 4.61. The third-order valence-electron chi connectivity index (χ3n) is 5.57. The van der Waals surface area contributed by atoms with Crippen molar-refractivity contribution in [1.29, 1.82) is 0 Å². The molecule has 180 valence electrons. The smallest absolute Gasteiger partial charge is 0.273 e. The monoisotopic (exact) mass is 495 g/mol. The molecule has 5 rings (SSSR count). The van der Waals surface area contributed by atoms with Crippen LogP contribution in [0.15, 0.2) is 107 Å². The maximum atomic E-state index is 12.5. The number of hydrogen-bond acceptors (Lipinski definition) is 6. The summed E-state index contributed by atoms with van der Waals surface area (Å²) in [5, 5.41) is 12.5. The maximum absolute atomic E-state index is 12.5. The number of nitrogens with one attached hydrogen (secondary N) is 1. The van der Waals surface area contributed by atoms with Gasteiger partial charge in [-0.05, 0) is 29.7 Å². The van der Waals surface area contributed by atoms with Crippen LogP contribution in [0.2, 0.25) is 0 Å². The van der Waals surface area contributed by atoms with Gasteiger partial charge >= 0.3 is 0 Å². The van der Waals surface area contributed by atoms with Crippen molar-refractivity contribution in [2.75, 3.05) is 6.54 Å². The van der Waals surface area contributed by atoms with Gasteiger partial charge in [0.1, 0.15) is 12.1 Å². The Balaban J connectivity index is 1.24. The number of benzene rings is 3. The van der Waals surface area contributed by atoms with Crippen LogP contribution in [0.5, 0.6) is 0 Å². The Morgan fingerprint density at radius 3 is 2.25 bits per heavy atom. The third-order valence-corrected chi connectivity index (χ3v) is 6.48. The highest BCUT2D eigenvalue weighted by molar-refractivity contribution is 7.98. The first-order chi connectivity index (χ1) is 17.8. The first-order valence-corrected chi connectivity index (χ1v) is 12.7. The number of aromatic nitrogens is 4. The summed E-state index contributed by atoms with van der Waals surface area (Å²) in [7, 11) is 0. The van der Waals surface area contributed by atoms with E-state index in [0.717, 1.165) is 28.7 Å². The van der Waals surface area contributed by atoms with Crippen molar-refractivity contribution >= 4 is 17.7 Å². The van der Waals surface area contributed by atoms with Crippen molar-refractivity contribution in [2.45, 2.75) is 23.8 Å². The van der Waals surface area contributed by atoms with Crippen molar-refractivity contribution in [1.82, 2.24) is 25.1 Å². The predicted molar refractivity (Wildman–Crippen MR) is 139 cm³/mol. The van der Waals surface area contributed by atoms with Gasteiger partial charge in [-0.3, -0.25) is 9.36 Å². The molecule has 36 heavy (non-hydrogen) atoms. The molecule has 0 aliphatic heterocycles. The topological polar surface area (TPSA) is 85.8 Å². The van der Waals surface area contributed by atoms with Gasteiger partial charge in [0.2, 0.25) is 5.89 Å². The van der Waals surface area contributed by atoms with Gasteiger partial charge in [-0.1, -0.05) is 90.6 Å². The summed E-state index contributed by atoms with van der Waals surface area (Å²) < 4.78 is 7.62. The Hall–Kier alpha value is -4.17. The van der Waals surface area contributed by atoms with Crippen molar-refractivity contribution in [2.24, 2.45) is 0 Å². The molecule has 1 N–H and O–H groups in total. The summed E-state index contributed by atoms with van der Waals surface area (Å²) in [5.74, 6) is 1.48. The number of hydrogen-bond donors (Lipinski definition) is 1. The van der Waals surface area contributed by atoms with Crippen LogP contribution in [0.25, 0.3) is 5.69 Å². The van der Waals surface area contributed by atoms with Gasteiger partial charge in [0.25, 0.3) is 5.91 Å². The minimum atomic E-state index is -0.247. The lowest BCUT2D eigenvalue weighted by Gasteiger charge is -2.10. The van der Waals surface area contributed by atoms with Crippen molar-refractivity contribution in [3.05, 3.63) is 126 Å². The fraction of sp³-hybridized carbons (Fsp3) is 0.143. The molecule has 2 aromatic heterocycles. The van der Waals surface area contributed by atoms with Crippen LogP contribution < -0.4 is 5.32 Å². The Bertz CT molecular complexity index is 1400. The van der Waals surface area contributed by atoms with Gasteiger partial charge < -0.3 is 9.73 Å². The predicted octanol–water partition coefficient (Wildman–Crippen LogP) is 5.11. The van der Waals surface area contributed by atoms with E-state index in [0.29, 0.717) is 24.6 Å². The summed E-state index contributed by atoms with van der Waals surface area (Å²) in [6.45, 7) is 0.532. The summed E-state index contributed by atoms with van der Waals surface area (Å²) >= 11 is 1.47. The largest absolute Gasteiger partial charge is 0.447 e. The zero-order valence-electron chi connectivity index (χ0n) is 19.6. The molecule has 0 saturated heterocycles. The molecule has 5 aromatic rings. The Morgan fingerprint density at radius 1 is 0.861 bits per heavy atom. The van der Waals surface area contributed by atoms with Crippen molar-refractivity contribution < 1.29 is 9.21 Å². The van der Waals surface area contributed by atoms with Crippen LogP contribution in [-0.2, 0) is 18.6 Å². The highest BCUT2D eigenvalue weighted by atomic mass is 32.2. The molecule has 0 aliphatic carbocycles. The molecule has 0 aliphatic rings. The number of nitrogens with zero attached hydrogens (tertiary/aromatic N) is 4. The number of thioether (sulfide) groups is 1. The normalized spacial score (nSPS) is 10.9. The molecule has 0 atom stereocenters. The number of oxazole rings is 1. The number of rotatable bonds is 10. The number of carbonyl (C=O) groups excluding carboxylic acids is 1. The molecule has 0 saturated carbocycles. The molecular weight excluding hydrogens is 470 g/mol. The van der Waals surface area contributed by atoms with Gasteiger partial charge in [0.05, 0.1) is 5.75 Å². The highest BCUT2D eigenvalue weighted by Crippen LogP contribution is 2.26. The lowest BCUT2D eigenvalue weighted by atomic mass is 10.1. The molecule has 0 unspecified atom stereocenters. The van der Waals surface area contributed by atoms with Gasteiger partial charge in [0, 0.05) is 18.7 Å². The molecular formula is C28H25N5O2S. The average Bonchev–Trinajstić information content (AvgIpc) is 3.56. The summed E-state index contributed by atoms with van der Waals surface area (Å²) in [5.41, 5.74) is 3.59. The van der Waals surface area contributed by atoms with E-state index in [4.69, 9.17) is 4.42 Å². The number of carbonyl (C=O) groups is 1. The van der Waals surface area contributed by atoms with E-state index in [1.807, 2.05) is 78.9 Å². The van der Waals surface area contributed by atoms with Gasteiger partial charge in [0.15, 0.2) is 10.9 Å². The standard InChI is InChI=1S/C28H25N5O2S/c34-27(29-17-16-21-10-4-1-5-11-21)24-19-35-26(30-24)20-36-28-32-31-25(18-22-12-6-2-7-13-22)33(28)23-14-8-3-9-15-23/h1-15,19H,16-18,20H2,(H,29,34). The van der Waals surface area contributed by atoms with Gasteiger partial charge in [-0.2, -0.15) is 0 Å². The second kappa shape index (κ2) is 11.5. The zero-order valence-corrected chi connectivity index (χ0v) is 20.4. The second-order valence-electron chi connectivity index (χ2n) is 8.14. The quantitative estimate of drug-likeness (QED) is 0.271. The Morgan fingerprint density at radius 2 is 1.53 bits per heavy atom. The summed E-state index contributed by atoms with van der Waals surface area (Å²) in [4.78, 5) is 16.8. The number of para-hydroxylation sites is 1. The first-order valence-electron chi connectivity index (χ1n) is 11.7. The minimum Gasteiger partial charge on any atom is -0.447 e. The Kier molecular flexibility index (Phi) is 7.53. The average molecular weight is 496 g/mol. The van der Waals surface area contributed by atoms with Crippen LogP contribution >= 0.6 is 11.8 Å². The molecule has 0 fully saturated rings. The maximum Gasteiger partial charge on any atom is 0.273 e. The van der Waals surface area contributed by atoms with Crippen molar-refractivity contribution in [3.63, 3.8) is 0 Å². The van der Waals surface area contributed by atoms with Crippen LogP contribution in [0, 0.1) is 0 Å². The molecule has 0 spiro atoms. The van der Waals surface area contributed by atoms with Gasteiger partial charge in [-0.15, -0.1) is 10.2 Å². The minimum absolute atomic E-state index is 0.247. The van der Waals surface area contributed by atoms with E-state index in [1.165, 1.54) is 23.6 Å². The van der Waals surface area contributed by atoms with E-state index in [1.54, 1.807) is 0 Å². The molecule has 8 heteroatoms. The molecule has 7 nitrogen and oxygen atoms in total. The van der Waals surface area contributed by atoms with E-state index in [-0.39, 0.29) is 11.6 Å². The first kappa shape index (κ1) is 23.6. The van der Waals surface area contributed by atoms with E-state index in [9.17, 15) is 4.79 Å². The molecule has 1 amide bonds. The van der Waals surface area contributed by atoms with E-state index < -0.39 is 0 Å². The van der Waals surface area contributed by atoms with E-state index >= 15 is 0 Å². The van der Waals surface area contributed by atoms with Gasteiger partial charge in [-0.25, -0.2) is 4.98 Å². The molecule has 3 aromatic carbocycles. The third kappa shape index (κ3) is 5.90.